The predicted octanol–water partition coefficient (Wildman–Crippen LogP) is 7.55. The second kappa shape index (κ2) is 16.2. The molecule has 0 saturated carbocycles. The number of para-hydroxylation sites is 1. The standard InChI is InChI=1S/C37H41F6N3O7S/c1-3-7-29-35(53-24-20-30(54-22-24)37(41,42)43,13-6-17-46(29)32(49)25-21-44-16-12-26(25)36(38,39)40)33(50)45-18-14-34(51,15-19-45)27-8-4-5-9-28(27)52-23(2)10-11-31(47)48/h4-5,8-9,12,16,20-23,29,51H,3,6-7,10-11,13-15,17-19H2,1-2H3,(H,47,48)/t23?,29-,35+/m1/s1. The minimum Gasteiger partial charge on any atom is -0.490 e. The highest BCUT2D eigenvalue weighted by Gasteiger charge is 2.56. The summed E-state index contributed by atoms with van der Waals surface area (Å²) in [5, 5.41) is 22.1. The number of carboxylic acids is 1. The van der Waals surface area contributed by atoms with Crippen LogP contribution in [0.2, 0.25) is 0 Å². The summed E-state index contributed by atoms with van der Waals surface area (Å²) in [5.41, 5.74) is -5.01. The lowest BCUT2D eigenvalue weighted by atomic mass is 9.78. The van der Waals surface area contributed by atoms with Gasteiger partial charge in [0.1, 0.15) is 16.4 Å². The van der Waals surface area contributed by atoms with Crippen molar-refractivity contribution in [1.29, 1.82) is 0 Å². The number of hydrogen-bond acceptors (Lipinski definition) is 8. The molecule has 3 aromatic rings. The quantitative estimate of drug-likeness (QED) is 0.180. The van der Waals surface area contributed by atoms with Crippen molar-refractivity contribution < 1.29 is 60.4 Å². The number of aromatic nitrogens is 1. The third-order valence-corrected chi connectivity index (χ3v) is 10.9. The van der Waals surface area contributed by atoms with Gasteiger partial charge in [0.25, 0.3) is 11.8 Å². The first-order valence-corrected chi connectivity index (χ1v) is 18.4. The van der Waals surface area contributed by atoms with Crippen LogP contribution in [-0.4, -0.2) is 80.2 Å². The summed E-state index contributed by atoms with van der Waals surface area (Å²) >= 11 is 0.359. The van der Waals surface area contributed by atoms with E-state index in [-0.39, 0.29) is 70.3 Å². The van der Waals surface area contributed by atoms with Crippen molar-refractivity contribution in [3.8, 4) is 11.5 Å². The van der Waals surface area contributed by atoms with Gasteiger partial charge >= 0.3 is 18.3 Å². The molecule has 0 radical (unpaired) electrons. The molecule has 5 rings (SSSR count). The number of aliphatic hydroxyl groups is 1. The zero-order valence-corrected chi connectivity index (χ0v) is 30.4. The van der Waals surface area contributed by atoms with Crippen LogP contribution in [0.25, 0.3) is 0 Å². The Kier molecular flexibility index (Phi) is 12.2. The highest BCUT2D eigenvalue weighted by atomic mass is 32.1. The SMILES string of the molecule is CCC[C@H]1N(C(=O)c2cnccc2C(F)(F)F)CCC[C@@]1(Oc1csc(C(F)(F)F)c1)C(=O)N1CCC(O)(c2ccccc2OC(C)CCC(=O)O)CC1. The Morgan fingerprint density at radius 3 is 2.37 bits per heavy atom. The van der Waals surface area contributed by atoms with Crippen LogP contribution in [-0.2, 0) is 27.5 Å². The molecule has 1 unspecified atom stereocenters. The number of ether oxygens (including phenoxy) is 2. The molecule has 17 heteroatoms. The number of piperidine rings is 2. The zero-order valence-electron chi connectivity index (χ0n) is 29.6. The second-order valence-corrected chi connectivity index (χ2v) is 14.6. The number of benzene rings is 1. The van der Waals surface area contributed by atoms with Crippen molar-refractivity contribution in [2.75, 3.05) is 19.6 Å². The van der Waals surface area contributed by atoms with E-state index < -0.39 is 69.5 Å². The zero-order chi connectivity index (χ0) is 39.5. The molecule has 1 aromatic carbocycles. The number of amides is 2. The van der Waals surface area contributed by atoms with E-state index in [1.807, 2.05) is 0 Å². The lowest BCUT2D eigenvalue weighted by molar-refractivity contribution is -0.163. The molecule has 0 spiro atoms. The van der Waals surface area contributed by atoms with Gasteiger partial charge in [0.15, 0.2) is 0 Å². The van der Waals surface area contributed by atoms with Crippen LogP contribution in [0.1, 0.15) is 91.6 Å². The molecule has 4 heterocycles. The topological polar surface area (TPSA) is 130 Å². The number of halogens is 6. The first-order chi connectivity index (χ1) is 25.4. The van der Waals surface area contributed by atoms with Crippen LogP contribution in [0.15, 0.2) is 54.2 Å². The number of thiophene rings is 1. The molecule has 294 valence electrons. The van der Waals surface area contributed by atoms with Crippen LogP contribution in [0.5, 0.6) is 11.5 Å². The van der Waals surface area contributed by atoms with Gasteiger partial charge < -0.3 is 29.5 Å². The summed E-state index contributed by atoms with van der Waals surface area (Å²) in [6, 6.07) is 6.98. The Balaban J connectivity index is 1.48. The van der Waals surface area contributed by atoms with Gasteiger partial charge in [0.05, 0.1) is 28.9 Å². The molecule has 0 aliphatic carbocycles. The molecule has 2 N–H and O–H groups in total. The molecule has 0 bridgehead atoms. The number of rotatable bonds is 12. The maximum absolute atomic E-state index is 14.9. The Bertz CT molecular complexity index is 1810. The van der Waals surface area contributed by atoms with Gasteiger partial charge in [-0.25, -0.2) is 0 Å². The number of nitrogens with zero attached hydrogens (tertiary/aromatic N) is 3. The summed E-state index contributed by atoms with van der Waals surface area (Å²) in [5.74, 6) is -2.63. The molecule has 10 nitrogen and oxygen atoms in total. The summed E-state index contributed by atoms with van der Waals surface area (Å²) < 4.78 is 95.5. The van der Waals surface area contributed by atoms with Gasteiger partial charge in [-0.05, 0) is 51.2 Å². The largest absolute Gasteiger partial charge is 0.490 e. The summed E-state index contributed by atoms with van der Waals surface area (Å²) in [6.07, 6.45) is -7.85. The summed E-state index contributed by atoms with van der Waals surface area (Å²) in [6.45, 7) is 3.31. The lowest BCUT2D eigenvalue weighted by Crippen LogP contribution is -2.68. The van der Waals surface area contributed by atoms with E-state index in [1.165, 1.54) is 4.90 Å². The van der Waals surface area contributed by atoms with E-state index in [1.54, 1.807) is 38.1 Å². The van der Waals surface area contributed by atoms with Gasteiger partial charge in [-0.1, -0.05) is 31.5 Å². The number of aliphatic carboxylic acids is 1. The number of carbonyl (C=O) groups is 3. The van der Waals surface area contributed by atoms with Gasteiger partial charge in [0.2, 0.25) is 5.60 Å². The van der Waals surface area contributed by atoms with Crippen molar-refractivity contribution in [3.63, 3.8) is 0 Å². The highest BCUT2D eigenvalue weighted by Crippen LogP contribution is 2.44. The Morgan fingerprint density at radius 2 is 1.74 bits per heavy atom. The van der Waals surface area contributed by atoms with Crippen LogP contribution in [0.4, 0.5) is 26.3 Å². The molecule has 2 aliphatic rings. The second-order valence-electron chi connectivity index (χ2n) is 13.6. The monoisotopic (exact) mass is 785 g/mol. The third-order valence-electron chi connectivity index (χ3n) is 9.92. The Morgan fingerprint density at radius 1 is 1.04 bits per heavy atom. The van der Waals surface area contributed by atoms with Crippen LogP contribution in [0.3, 0.4) is 0 Å². The molecule has 2 amide bonds. The fourth-order valence-corrected chi connectivity index (χ4v) is 7.95. The van der Waals surface area contributed by atoms with E-state index in [0.717, 1.165) is 28.7 Å². The van der Waals surface area contributed by atoms with E-state index in [0.29, 0.717) is 35.1 Å². The van der Waals surface area contributed by atoms with E-state index in [2.05, 4.69) is 4.98 Å². The summed E-state index contributed by atoms with van der Waals surface area (Å²) in [7, 11) is 0. The Labute approximate surface area is 311 Å². The van der Waals surface area contributed by atoms with Crippen molar-refractivity contribution in [1.82, 2.24) is 14.8 Å². The van der Waals surface area contributed by atoms with Crippen molar-refractivity contribution in [2.24, 2.45) is 0 Å². The van der Waals surface area contributed by atoms with E-state index in [9.17, 15) is 45.8 Å². The highest BCUT2D eigenvalue weighted by molar-refractivity contribution is 7.10. The molecule has 3 atom stereocenters. The fourth-order valence-electron chi connectivity index (χ4n) is 7.27. The van der Waals surface area contributed by atoms with Crippen LogP contribution >= 0.6 is 11.3 Å². The van der Waals surface area contributed by atoms with Gasteiger partial charge in [-0.2, -0.15) is 26.3 Å². The van der Waals surface area contributed by atoms with Gasteiger partial charge in [-0.3, -0.25) is 19.4 Å². The molecular weight excluding hydrogens is 744 g/mol. The number of carbonyl (C=O) groups excluding carboxylic acids is 2. The molecule has 2 aliphatic heterocycles. The first-order valence-electron chi connectivity index (χ1n) is 17.6. The first kappa shape index (κ1) is 40.8. The minimum atomic E-state index is -4.90. The van der Waals surface area contributed by atoms with Gasteiger partial charge in [0, 0.05) is 61.9 Å². The maximum atomic E-state index is 14.9. The van der Waals surface area contributed by atoms with Crippen molar-refractivity contribution >= 4 is 29.1 Å². The van der Waals surface area contributed by atoms with Crippen LogP contribution in [0, 0.1) is 0 Å². The Hall–Kier alpha value is -4.38. The number of likely N-dealkylation sites (tertiary alicyclic amines) is 2. The fraction of sp³-hybridized carbons (Fsp3) is 0.514. The minimum absolute atomic E-state index is 0.00108. The smallest absolute Gasteiger partial charge is 0.425 e. The lowest BCUT2D eigenvalue weighted by Gasteiger charge is -2.51. The van der Waals surface area contributed by atoms with Crippen molar-refractivity contribution in [3.05, 3.63) is 75.7 Å². The average molecular weight is 786 g/mol. The number of carboxylic acid groups (broad SMARTS) is 1. The molecule has 2 saturated heterocycles. The molecule has 2 aromatic heterocycles. The third kappa shape index (κ3) is 8.77. The number of pyridine rings is 1. The number of alkyl halides is 6. The maximum Gasteiger partial charge on any atom is 0.425 e. The van der Waals surface area contributed by atoms with E-state index in [4.69, 9.17) is 14.6 Å². The molecule has 54 heavy (non-hydrogen) atoms. The van der Waals surface area contributed by atoms with Crippen molar-refractivity contribution in [2.45, 2.75) is 101 Å². The molecule has 2 fully saturated rings. The predicted molar refractivity (Wildman–Crippen MR) is 184 cm³/mol. The summed E-state index contributed by atoms with van der Waals surface area (Å²) in [4.78, 5) is 45.3. The van der Waals surface area contributed by atoms with Gasteiger partial charge in [-0.15, -0.1) is 11.3 Å². The van der Waals surface area contributed by atoms with E-state index >= 15 is 0 Å². The molecular formula is C37H41F6N3O7S. The normalized spacial score (nSPS) is 21.0. The number of hydrogen-bond donors (Lipinski definition) is 2. The van der Waals surface area contributed by atoms with Crippen LogP contribution < -0.4 is 9.47 Å². The average Bonchev–Trinajstić information content (AvgIpc) is 3.60.